The lowest BCUT2D eigenvalue weighted by Crippen LogP contribution is -2.46. The van der Waals surface area contributed by atoms with Crippen LogP contribution in [0.25, 0.3) is 0 Å². The first-order valence-corrected chi connectivity index (χ1v) is 6.61. The number of benzene rings is 1. The van der Waals surface area contributed by atoms with Crippen LogP contribution in [0.4, 0.5) is 8.78 Å². The fourth-order valence-corrected chi connectivity index (χ4v) is 2.22. The Balaban J connectivity index is 2.06. The zero-order chi connectivity index (χ0) is 16.3. The van der Waals surface area contributed by atoms with Crippen LogP contribution in [0, 0.1) is 0 Å². The molecule has 1 atom stereocenters. The first kappa shape index (κ1) is 15.9. The summed E-state index contributed by atoms with van der Waals surface area (Å²) in [6.45, 7) is 2.29. The second-order valence-electron chi connectivity index (χ2n) is 4.94. The van der Waals surface area contributed by atoms with Gasteiger partial charge in [0.15, 0.2) is 0 Å². The van der Waals surface area contributed by atoms with Gasteiger partial charge < -0.3 is 15.0 Å². The van der Waals surface area contributed by atoms with Crippen LogP contribution in [0.3, 0.4) is 0 Å². The molecule has 0 aliphatic carbocycles. The van der Waals surface area contributed by atoms with Crippen molar-refractivity contribution in [2.75, 3.05) is 20.2 Å². The van der Waals surface area contributed by atoms with E-state index in [1.54, 1.807) is 12.1 Å². The van der Waals surface area contributed by atoms with Gasteiger partial charge in [-0.3, -0.25) is 9.59 Å². The molecule has 1 heterocycles. The predicted molar refractivity (Wildman–Crippen MR) is 76.0 cm³/mol. The summed E-state index contributed by atoms with van der Waals surface area (Å²) in [5.41, 5.74) is 0.241. The van der Waals surface area contributed by atoms with Crippen molar-refractivity contribution in [1.29, 1.82) is 0 Å². The van der Waals surface area contributed by atoms with Crippen molar-refractivity contribution < 1.29 is 23.1 Å². The summed E-state index contributed by atoms with van der Waals surface area (Å²) in [5.74, 6) is -3.83. The average Bonchev–Trinajstić information content (AvgIpc) is 2.81. The Morgan fingerprint density at radius 2 is 2.05 bits per heavy atom. The molecule has 0 saturated carbocycles. The number of hydrogen-bond acceptors (Lipinski definition) is 3. The van der Waals surface area contributed by atoms with Crippen molar-refractivity contribution in [1.82, 2.24) is 10.2 Å². The molecule has 1 saturated heterocycles. The standard InChI is InChI=1S/C15H16F2N2O3/c1-3-13(20)19-8-12(15(16,17)9-19)18-14(21)10-4-6-11(22-2)7-5-10/h3-7,12H,1,8-9H2,2H3,(H,18,21). The largest absolute Gasteiger partial charge is 0.497 e. The molecule has 0 radical (unpaired) electrons. The van der Waals surface area contributed by atoms with E-state index in [0.29, 0.717) is 5.75 Å². The number of halogens is 2. The van der Waals surface area contributed by atoms with Gasteiger partial charge in [0.05, 0.1) is 13.7 Å². The van der Waals surface area contributed by atoms with Gasteiger partial charge in [0.2, 0.25) is 5.91 Å². The fourth-order valence-electron chi connectivity index (χ4n) is 2.22. The van der Waals surface area contributed by atoms with Crippen LogP contribution < -0.4 is 10.1 Å². The van der Waals surface area contributed by atoms with Crippen molar-refractivity contribution in [2.24, 2.45) is 0 Å². The third-order valence-corrected chi connectivity index (χ3v) is 3.46. The van der Waals surface area contributed by atoms with Gasteiger partial charge in [0.25, 0.3) is 11.8 Å². The predicted octanol–water partition coefficient (Wildman–Crippen LogP) is 1.46. The fraction of sp³-hybridized carbons (Fsp3) is 0.333. The lowest BCUT2D eigenvalue weighted by atomic mass is 10.1. The Morgan fingerprint density at radius 3 is 2.59 bits per heavy atom. The van der Waals surface area contributed by atoms with E-state index >= 15 is 0 Å². The first-order chi connectivity index (χ1) is 10.4. The number of likely N-dealkylation sites (tertiary alicyclic amines) is 1. The summed E-state index contributed by atoms with van der Waals surface area (Å²) in [7, 11) is 1.49. The Bertz CT molecular complexity index is 587. The molecule has 0 bridgehead atoms. The van der Waals surface area contributed by atoms with Crippen LogP contribution >= 0.6 is 0 Å². The van der Waals surface area contributed by atoms with E-state index in [2.05, 4.69) is 11.9 Å². The van der Waals surface area contributed by atoms with Crippen LogP contribution in [0.5, 0.6) is 5.75 Å². The van der Waals surface area contributed by atoms with Crippen molar-refractivity contribution in [3.63, 3.8) is 0 Å². The normalized spacial score (nSPS) is 19.6. The highest BCUT2D eigenvalue weighted by Gasteiger charge is 2.49. The summed E-state index contributed by atoms with van der Waals surface area (Å²) in [6, 6.07) is 4.66. The van der Waals surface area contributed by atoms with E-state index < -0.39 is 30.3 Å². The molecular weight excluding hydrogens is 294 g/mol. The minimum Gasteiger partial charge on any atom is -0.497 e. The zero-order valence-electron chi connectivity index (χ0n) is 12.0. The van der Waals surface area contributed by atoms with Crippen LogP contribution in [-0.4, -0.2) is 48.9 Å². The molecule has 1 fully saturated rings. The monoisotopic (exact) mass is 310 g/mol. The van der Waals surface area contributed by atoms with Crippen molar-refractivity contribution in [3.05, 3.63) is 42.5 Å². The van der Waals surface area contributed by atoms with Gasteiger partial charge in [0, 0.05) is 12.1 Å². The van der Waals surface area contributed by atoms with E-state index in [9.17, 15) is 18.4 Å². The average molecular weight is 310 g/mol. The second-order valence-corrected chi connectivity index (χ2v) is 4.94. The quantitative estimate of drug-likeness (QED) is 0.857. The van der Waals surface area contributed by atoms with Gasteiger partial charge in [-0.2, -0.15) is 0 Å². The highest BCUT2D eigenvalue weighted by molar-refractivity contribution is 5.94. The van der Waals surface area contributed by atoms with Gasteiger partial charge in [-0.1, -0.05) is 6.58 Å². The summed E-state index contributed by atoms with van der Waals surface area (Å²) in [5, 5.41) is 2.27. The number of nitrogens with one attached hydrogen (secondary N) is 1. The molecule has 7 heteroatoms. The number of amides is 2. The molecule has 1 aromatic carbocycles. The van der Waals surface area contributed by atoms with E-state index in [1.165, 1.54) is 19.2 Å². The molecule has 0 spiro atoms. The lowest BCUT2D eigenvalue weighted by Gasteiger charge is -2.18. The molecule has 118 valence electrons. The highest BCUT2D eigenvalue weighted by atomic mass is 19.3. The minimum absolute atomic E-state index is 0.241. The van der Waals surface area contributed by atoms with Crippen LogP contribution in [0.15, 0.2) is 36.9 Å². The van der Waals surface area contributed by atoms with Gasteiger partial charge in [-0.25, -0.2) is 8.78 Å². The van der Waals surface area contributed by atoms with Crippen molar-refractivity contribution >= 4 is 11.8 Å². The number of nitrogens with zero attached hydrogens (tertiary/aromatic N) is 1. The topological polar surface area (TPSA) is 58.6 Å². The number of rotatable bonds is 4. The third kappa shape index (κ3) is 3.24. The van der Waals surface area contributed by atoms with E-state index in [0.717, 1.165) is 11.0 Å². The van der Waals surface area contributed by atoms with E-state index in [-0.39, 0.29) is 12.1 Å². The Labute approximate surface area is 126 Å². The van der Waals surface area contributed by atoms with Crippen molar-refractivity contribution in [3.8, 4) is 5.75 Å². The van der Waals surface area contributed by atoms with Gasteiger partial charge in [0.1, 0.15) is 11.8 Å². The molecule has 2 amide bonds. The second kappa shape index (κ2) is 6.13. The summed E-state index contributed by atoms with van der Waals surface area (Å²) < 4.78 is 32.7. The Morgan fingerprint density at radius 1 is 1.41 bits per heavy atom. The molecular formula is C15H16F2N2O3. The highest BCUT2D eigenvalue weighted by Crippen LogP contribution is 2.28. The number of ether oxygens (including phenoxy) is 1. The van der Waals surface area contributed by atoms with Gasteiger partial charge in [-0.15, -0.1) is 0 Å². The summed E-state index contributed by atoms with van der Waals surface area (Å²) >= 11 is 0. The number of carbonyl (C=O) groups excluding carboxylic acids is 2. The maximum absolute atomic E-state index is 13.9. The maximum Gasteiger partial charge on any atom is 0.286 e. The molecule has 1 aliphatic heterocycles. The van der Waals surface area contributed by atoms with Crippen LogP contribution in [-0.2, 0) is 4.79 Å². The van der Waals surface area contributed by atoms with E-state index in [1.807, 2.05) is 0 Å². The number of hydrogen-bond donors (Lipinski definition) is 1. The summed E-state index contributed by atoms with van der Waals surface area (Å²) in [6.07, 6.45) is 0.976. The number of carbonyl (C=O) groups is 2. The SMILES string of the molecule is C=CC(=O)N1CC(NC(=O)c2ccc(OC)cc2)C(F)(F)C1. The Kier molecular flexibility index (Phi) is 4.44. The number of methoxy groups -OCH3 is 1. The molecule has 2 rings (SSSR count). The molecule has 0 aromatic heterocycles. The molecule has 1 aromatic rings. The van der Waals surface area contributed by atoms with Crippen molar-refractivity contribution in [2.45, 2.75) is 12.0 Å². The minimum atomic E-state index is -3.18. The molecule has 22 heavy (non-hydrogen) atoms. The molecule has 1 N–H and O–H groups in total. The van der Waals surface area contributed by atoms with Gasteiger partial charge >= 0.3 is 0 Å². The maximum atomic E-state index is 13.9. The number of alkyl halides is 2. The summed E-state index contributed by atoms with van der Waals surface area (Å²) in [4.78, 5) is 24.4. The smallest absolute Gasteiger partial charge is 0.286 e. The third-order valence-electron chi connectivity index (χ3n) is 3.46. The first-order valence-electron chi connectivity index (χ1n) is 6.61. The molecule has 5 nitrogen and oxygen atoms in total. The zero-order valence-corrected chi connectivity index (χ0v) is 12.0. The lowest BCUT2D eigenvalue weighted by molar-refractivity contribution is -0.126. The van der Waals surface area contributed by atoms with Crippen LogP contribution in [0.1, 0.15) is 10.4 Å². The van der Waals surface area contributed by atoms with E-state index in [4.69, 9.17) is 4.74 Å². The molecule has 1 unspecified atom stereocenters. The van der Waals surface area contributed by atoms with Gasteiger partial charge in [-0.05, 0) is 30.3 Å². The van der Waals surface area contributed by atoms with Crippen LogP contribution in [0.2, 0.25) is 0 Å². The molecule has 1 aliphatic rings. The Hall–Kier alpha value is -2.44.